The first-order valence-corrected chi connectivity index (χ1v) is 9.46. The normalized spacial score (nSPS) is 22.2. The van der Waals surface area contributed by atoms with Crippen LogP contribution in [0.5, 0.6) is 0 Å². The molecule has 1 aromatic heterocycles. The lowest BCUT2D eigenvalue weighted by atomic mass is 10.0. The van der Waals surface area contributed by atoms with Crippen LogP contribution in [0.15, 0.2) is 6.20 Å². The summed E-state index contributed by atoms with van der Waals surface area (Å²) in [5.74, 6) is 2.85. The van der Waals surface area contributed by atoms with Gasteiger partial charge in [-0.2, -0.15) is 0 Å². The van der Waals surface area contributed by atoms with Gasteiger partial charge in [-0.25, -0.2) is 4.98 Å². The highest BCUT2D eigenvalue weighted by Crippen LogP contribution is 2.29. The Morgan fingerprint density at radius 3 is 2.78 bits per heavy atom. The van der Waals surface area contributed by atoms with E-state index in [1.807, 2.05) is 6.20 Å². The molecule has 0 bridgehead atoms. The van der Waals surface area contributed by atoms with Crippen LogP contribution in [0, 0.1) is 18.8 Å². The molecule has 4 nitrogen and oxygen atoms in total. The van der Waals surface area contributed by atoms with Crippen molar-refractivity contribution < 1.29 is 4.79 Å². The minimum Gasteiger partial charge on any atom is -0.342 e. The molecule has 2 fully saturated rings. The molecule has 1 saturated heterocycles. The molecule has 1 atom stereocenters. The predicted molar refractivity (Wildman–Crippen MR) is 92.2 cm³/mol. The van der Waals surface area contributed by atoms with E-state index in [2.05, 4.69) is 28.3 Å². The van der Waals surface area contributed by atoms with Gasteiger partial charge in [0.1, 0.15) is 5.82 Å². The highest BCUT2D eigenvalue weighted by atomic mass is 16.2. The molecule has 4 heteroatoms. The Morgan fingerprint density at radius 1 is 1.26 bits per heavy atom. The number of nitrogens with zero attached hydrogens (tertiary/aromatic N) is 3. The lowest BCUT2D eigenvalue weighted by Gasteiger charge is -2.19. The molecule has 23 heavy (non-hydrogen) atoms. The van der Waals surface area contributed by atoms with Crippen LogP contribution in [0.1, 0.15) is 63.4 Å². The summed E-state index contributed by atoms with van der Waals surface area (Å²) < 4.78 is 2.35. The summed E-state index contributed by atoms with van der Waals surface area (Å²) in [4.78, 5) is 19.2. The molecule has 0 radical (unpaired) electrons. The van der Waals surface area contributed by atoms with Crippen molar-refractivity contribution in [3.05, 3.63) is 17.7 Å². The summed E-state index contributed by atoms with van der Waals surface area (Å²) in [7, 11) is 0. The number of aryl methyl sites for hydroxylation is 1. The van der Waals surface area contributed by atoms with Crippen molar-refractivity contribution in [2.45, 2.75) is 71.8 Å². The van der Waals surface area contributed by atoms with Crippen molar-refractivity contribution in [3.8, 4) is 0 Å². The summed E-state index contributed by atoms with van der Waals surface area (Å²) >= 11 is 0. The van der Waals surface area contributed by atoms with Crippen LogP contribution in [0.4, 0.5) is 0 Å². The molecule has 2 heterocycles. The van der Waals surface area contributed by atoms with Crippen LogP contribution in [-0.2, 0) is 17.8 Å². The van der Waals surface area contributed by atoms with Gasteiger partial charge < -0.3 is 9.47 Å². The van der Waals surface area contributed by atoms with E-state index in [4.69, 9.17) is 0 Å². The number of likely N-dealkylation sites (tertiary alicyclic amines) is 1. The van der Waals surface area contributed by atoms with E-state index in [-0.39, 0.29) is 0 Å². The van der Waals surface area contributed by atoms with Gasteiger partial charge in [-0.1, -0.05) is 19.8 Å². The van der Waals surface area contributed by atoms with Crippen molar-refractivity contribution in [3.63, 3.8) is 0 Å². The molecule has 1 amide bonds. The highest BCUT2D eigenvalue weighted by Gasteiger charge is 2.29. The summed E-state index contributed by atoms with van der Waals surface area (Å²) in [6, 6.07) is 0. The van der Waals surface area contributed by atoms with Crippen LogP contribution in [-0.4, -0.2) is 33.4 Å². The van der Waals surface area contributed by atoms with Crippen LogP contribution in [0.3, 0.4) is 0 Å². The molecular weight excluding hydrogens is 286 g/mol. The van der Waals surface area contributed by atoms with Crippen molar-refractivity contribution >= 4 is 5.91 Å². The zero-order valence-electron chi connectivity index (χ0n) is 14.8. The standard InChI is InChI=1S/C19H31N3O/c1-3-9-22-15(2)13-20-18(22)11-17-8-10-21(14-17)19(23)12-16-6-4-5-7-16/h13,16-17H,3-12,14H2,1-2H3. The third-order valence-corrected chi connectivity index (χ3v) is 5.63. The SMILES string of the molecule is CCCn1c(C)cnc1CC1CCN(C(=O)CC2CCCC2)C1. The maximum atomic E-state index is 12.5. The Morgan fingerprint density at radius 2 is 2.04 bits per heavy atom. The van der Waals surface area contributed by atoms with Crippen molar-refractivity contribution in [1.29, 1.82) is 0 Å². The Balaban J connectivity index is 1.52. The molecule has 3 rings (SSSR count). The second-order valence-electron chi connectivity index (χ2n) is 7.52. The van der Waals surface area contributed by atoms with Crippen molar-refractivity contribution in [2.75, 3.05) is 13.1 Å². The topological polar surface area (TPSA) is 38.1 Å². The smallest absolute Gasteiger partial charge is 0.222 e. The summed E-state index contributed by atoms with van der Waals surface area (Å²) in [5.41, 5.74) is 1.26. The van der Waals surface area contributed by atoms with Gasteiger partial charge >= 0.3 is 0 Å². The maximum Gasteiger partial charge on any atom is 0.222 e. The Bertz CT molecular complexity index is 531. The van der Waals surface area contributed by atoms with Crippen LogP contribution < -0.4 is 0 Å². The number of hydrogen-bond acceptors (Lipinski definition) is 2. The molecular formula is C19H31N3O. The fraction of sp³-hybridized carbons (Fsp3) is 0.789. The molecule has 1 aliphatic carbocycles. The molecule has 1 unspecified atom stereocenters. The molecule has 1 aromatic rings. The summed E-state index contributed by atoms with van der Waals surface area (Å²) in [6.45, 7) is 7.28. The first-order chi connectivity index (χ1) is 11.2. The molecule has 2 aliphatic rings. The third-order valence-electron chi connectivity index (χ3n) is 5.63. The molecule has 1 saturated carbocycles. The van der Waals surface area contributed by atoms with E-state index >= 15 is 0 Å². The van der Waals surface area contributed by atoms with Gasteiger partial charge in [0.2, 0.25) is 5.91 Å². The number of amides is 1. The van der Waals surface area contributed by atoms with E-state index < -0.39 is 0 Å². The van der Waals surface area contributed by atoms with E-state index in [9.17, 15) is 4.79 Å². The fourth-order valence-corrected chi connectivity index (χ4v) is 4.28. The van der Waals surface area contributed by atoms with Crippen LogP contribution in [0.25, 0.3) is 0 Å². The van der Waals surface area contributed by atoms with E-state index in [1.165, 1.54) is 37.2 Å². The van der Waals surface area contributed by atoms with Crippen molar-refractivity contribution in [1.82, 2.24) is 14.5 Å². The van der Waals surface area contributed by atoms with E-state index in [0.717, 1.165) is 45.3 Å². The van der Waals surface area contributed by atoms with Gasteiger partial charge in [0.25, 0.3) is 0 Å². The molecule has 0 aromatic carbocycles. The first-order valence-electron chi connectivity index (χ1n) is 9.46. The van der Waals surface area contributed by atoms with Gasteiger partial charge in [0, 0.05) is 44.4 Å². The molecule has 0 N–H and O–H groups in total. The predicted octanol–water partition coefficient (Wildman–Crippen LogP) is 3.57. The van der Waals surface area contributed by atoms with Gasteiger partial charge in [0.05, 0.1) is 0 Å². The second-order valence-corrected chi connectivity index (χ2v) is 7.52. The number of carbonyl (C=O) groups excluding carboxylic acids is 1. The third kappa shape index (κ3) is 3.96. The quantitative estimate of drug-likeness (QED) is 0.804. The number of imidazole rings is 1. The monoisotopic (exact) mass is 317 g/mol. The maximum absolute atomic E-state index is 12.5. The zero-order valence-corrected chi connectivity index (χ0v) is 14.8. The fourth-order valence-electron chi connectivity index (χ4n) is 4.28. The lowest BCUT2D eigenvalue weighted by Crippen LogP contribution is -2.30. The molecule has 1 aliphatic heterocycles. The summed E-state index contributed by atoms with van der Waals surface area (Å²) in [5, 5.41) is 0. The number of aromatic nitrogens is 2. The average Bonchev–Trinajstić information content (AvgIpc) is 3.25. The number of hydrogen-bond donors (Lipinski definition) is 0. The first kappa shape index (κ1) is 16.5. The van der Waals surface area contributed by atoms with Crippen LogP contribution >= 0.6 is 0 Å². The van der Waals surface area contributed by atoms with E-state index in [1.54, 1.807) is 0 Å². The molecule has 0 spiro atoms. The highest BCUT2D eigenvalue weighted by molar-refractivity contribution is 5.76. The lowest BCUT2D eigenvalue weighted by molar-refractivity contribution is -0.131. The van der Waals surface area contributed by atoms with Gasteiger partial charge in [-0.05, 0) is 44.4 Å². The molecule has 128 valence electrons. The van der Waals surface area contributed by atoms with E-state index in [0.29, 0.717) is 17.7 Å². The minimum atomic E-state index is 0.396. The number of carbonyl (C=O) groups is 1. The second kappa shape index (κ2) is 7.50. The number of rotatable bonds is 6. The van der Waals surface area contributed by atoms with Gasteiger partial charge in [-0.3, -0.25) is 4.79 Å². The Hall–Kier alpha value is -1.32. The van der Waals surface area contributed by atoms with Crippen molar-refractivity contribution in [2.24, 2.45) is 11.8 Å². The Kier molecular flexibility index (Phi) is 5.39. The largest absolute Gasteiger partial charge is 0.342 e. The average molecular weight is 317 g/mol. The van der Waals surface area contributed by atoms with Gasteiger partial charge in [-0.15, -0.1) is 0 Å². The zero-order chi connectivity index (χ0) is 16.2. The Labute approximate surface area is 140 Å². The summed E-state index contributed by atoms with van der Waals surface area (Å²) in [6.07, 6.45) is 11.2. The minimum absolute atomic E-state index is 0.396. The van der Waals surface area contributed by atoms with Crippen LogP contribution in [0.2, 0.25) is 0 Å². The van der Waals surface area contributed by atoms with Gasteiger partial charge in [0.15, 0.2) is 0 Å².